The molecule has 3 heterocycles. The van der Waals surface area contributed by atoms with Crippen LogP contribution in [0.4, 0.5) is 13.2 Å². The number of rotatable bonds is 11. The van der Waals surface area contributed by atoms with Gasteiger partial charge in [0.25, 0.3) is 5.91 Å². The third-order valence-electron chi connectivity index (χ3n) is 7.66. The molecule has 0 unspecified atom stereocenters. The van der Waals surface area contributed by atoms with Gasteiger partial charge in [-0.2, -0.15) is 13.2 Å². The summed E-state index contributed by atoms with van der Waals surface area (Å²) in [5, 5.41) is 11.8. The molecule has 14 heteroatoms. The number of carbonyl (C=O) groups excluding carboxylic acids is 2. The average molecular weight is 631 g/mol. The highest BCUT2D eigenvalue weighted by Crippen LogP contribution is 2.31. The van der Waals surface area contributed by atoms with Gasteiger partial charge in [0.15, 0.2) is 5.69 Å². The quantitative estimate of drug-likeness (QED) is 0.379. The minimum atomic E-state index is -4.52. The summed E-state index contributed by atoms with van der Waals surface area (Å²) in [7, 11) is 1.60. The topological polar surface area (TPSA) is 102 Å². The Morgan fingerprint density at radius 1 is 1.19 bits per heavy atom. The highest BCUT2D eigenvalue weighted by molar-refractivity contribution is 5.94. The first-order valence-electron chi connectivity index (χ1n) is 14.6. The average Bonchev–Trinajstić information content (AvgIpc) is 3.41. The molecule has 0 spiro atoms. The van der Waals surface area contributed by atoms with E-state index in [0.29, 0.717) is 83.9 Å². The molecule has 2 aromatic rings. The fourth-order valence-corrected chi connectivity index (χ4v) is 5.57. The van der Waals surface area contributed by atoms with Crippen molar-refractivity contribution >= 4 is 24.2 Å². The number of nitrogens with one attached hydrogen (secondary N) is 1. The van der Waals surface area contributed by atoms with Gasteiger partial charge in [0.1, 0.15) is 0 Å². The van der Waals surface area contributed by atoms with Crippen molar-refractivity contribution < 1.29 is 32.2 Å². The molecule has 10 nitrogen and oxygen atoms in total. The molecule has 240 valence electrons. The number of benzene rings is 1. The fraction of sp³-hybridized carbons (Fsp3) is 0.655. The molecule has 0 radical (unpaired) electrons. The van der Waals surface area contributed by atoms with Crippen LogP contribution in [0.3, 0.4) is 0 Å². The molecule has 2 saturated heterocycles. The van der Waals surface area contributed by atoms with Crippen molar-refractivity contribution in [2.24, 2.45) is 11.8 Å². The fourth-order valence-electron chi connectivity index (χ4n) is 5.57. The summed E-state index contributed by atoms with van der Waals surface area (Å²) >= 11 is 0. The van der Waals surface area contributed by atoms with Gasteiger partial charge in [0.2, 0.25) is 5.91 Å². The van der Waals surface area contributed by atoms with Gasteiger partial charge >= 0.3 is 6.18 Å². The SMILES string of the molecule is COCCCCc1c(C(=O)N(CC(C)C)[C@@H]2CNC[C@H](C(=O)N3CCOCC3)C2)nnn1-c1cccc(C(F)(F)F)c1.Cl. The number of alkyl halides is 3. The molecule has 2 fully saturated rings. The lowest BCUT2D eigenvalue weighted by atomic mass is 9.92. The van der Waals surface area contributed by atoms with E-state index in [1.54, 1.807) is 12.0 Å². The number of hydrogen-bond donors (Lipinski definition) is 1. The number of hydrogen-bond acceptors (Lipinski definition) is 7. The first-order chi connectivity index (χ1) is 20.1. The third kappa shape index (κ3) is 8.90. The number of ether oxygens (including phenoxy) is 2. The van der Waals surface area contributed by atoms with Crippen LogP contribution in [0.1, 0.15) is 54.9 Å². The van der Waals surface area contributed by atoms with Crippen LogP contribution < -0.4 is 5.32 Å². The van der Waals surface area contributed by atoms with Crippen molar-refractivity contribution in [3.63, 3.8) is 0 Å². The zero-order valence-corrected chi connectivity index (χ0v) is 25.8. The van der Waals surface area contributed by atoms with Crippen LogP contribution in [0.5, 0.6) is 0 Å². The normalized spacial score (nSPS) is 19.3. The molecule has 0 aliphatic carbocycles. The molecule has 4 rings (SSSR count). The van der Waals surface area contributed by atoms with Crippen molar-refractivity contribution in [2.45, 2.75) is 51.7 Å². The number of nitrogens with zero attached hydrogens (tertiary/aromatic N) is 5. The summed E-state index contributed by atoms with van der Waals surface area (Å²) in [4.78, 5) is 31.1. The van der Waals surface area contributed by atoms with Crippen molar-refractivity contribution in [1.82, 2.24) is 30.1 Å². The molecule has 43 heavy (non-hydrogen) atoms. The molecule has 2 aliphatic heterocycles. The molecule has 1 aromatic heterocycles. The molecule has 1 aromatic carbocycles. The Balaban J connectivity index is 0.00000506. The van der Waals surface area contributed by atoms with E-state index < -0.39 is 11.7 Å². The Bertz CT molecular complexity index is 1210. The van der Waals surface area contributed by atoms with Gasteiger partial charge in [-0.15, -0.1) is 17.5 Å². The summed E-state index contributed by atoms with van der Waals surface area (Å²) in [5.74, 6) is -0.428. The van der Waals surface area contributed by atoms with Crippen LogP contribution in [-0.4, -0.2) is 102 Å². The maximum Gasteiger partial charge on any atom is 0.416 e. The molecular weight excluding hydrogens is 589 g/mol. The predicted molar refractivity (Wildman–Crippen MR) is 156 cm³/mol. The summed E-state index contributed by atoms with van der Waals surface area (Å²) in [6.45, 7) is 8.17. The summed E-state index contributed by atoms with van der Waals surface area (Å²) < 4.78 is 52.3. The van der Waals surface area contributed by atoms with E-state index in [1.165, 1.54) is 16.8 Å². The standard InChI is InChI=1S/C29H41F3N6O4.ClH/c1-20(2)19-37(24-15-21(17-33-18-24)27(39)36-10-13-42-14-11-36)28(40)26-25(9-4-5-12-41-3)38(35-34-26)23-8-6-7-22(16-23)29(30,31)32;/h6-8,16,20-21,24,33H,4-5,9-15,17-19H2,1-3H3;1H/t21-,24+;/m1./s1. The van der Waals surface area contributed by atoms with Crippen molar-refractivity contribution in [3.8, 4) is 5.69 Å². The minimum Gasteiger partial charge on any atom is -0.385 e. The summed E-state index contributed by atoms with van der Waals surface area (Å²) in [6.07, 6.45) is -2.31. The van der Waals surface area contributed by atoms with Crippen LogP contribution in [0.25, 0.3) is 5.69 Å². The van der Waals surface area contributed by atoms with Crippen molar-refractivity contribution in [2.75, 3.05) is 59.7 Å². The molecule has 2 atom stereocenters. The lowest BCUT2D eigenvalue weighted by Gasteiger charge is -2.40. The number of aromatic nitrogens is 3. The molecular formula is C29H42ClF3N6O4. The Labute approximate surface area is 256 Å². The second kappa shape index (κ2) is 15.8. The maximum absolute atomic E-state index is 14.2. The van der Waals surface area contributed by atoms with E-state index >= 15 is 0 Å². The minimum absolute atomic E-state index is 0. The predicted octanol–water partition coefficient (Wildman–Crippen LogP) is 3.61. The Kier molecular flexibility index (Phi) is 12.8. The molecule has 0 bridgehead atoms. The highest BCUT2D eigenvalue weighted by Gasteiger charge is 2.37. The van der Waals surface area contributed by atoms with Crippen LogP contribution >= 0.6 is 12.4 Å². The van der Waals surface area contributed by atoms with Gasteiger partial charge in [0, 0.05) is 52.5 Å². The van der Waals surface area contributed by atoms with Gasteiger partial charge in [-0.05, 0) is 49.8 Å². The number of carbonyl (C=O) groups is 2. The van der Waals surface area contributed by atoms with Gasteiger partial charge < -0.3 is 24.6 Å². The third-order valence-corrected chi connectivity index (χ3v) is 7.66. The van der Waals surface area contributed by atoms with E-state index in [-0.39, 0.29) is 53.5 Å². The summed E-state index contributed by atoms with van der Waals surface area (Å²) in [6, 6.07) is 4.60. The molecule has 2 amide bonds. The number of amides is 2. The lowest BCUT2D eigenvalue weighted by molar-refractivity contribution is -0.141. The van der Waals surface area contributed by atoms with Crippen LogP contribution in [-0.2, 0) is 26.9 Å². The number of unbranched alkanes of at least 4 members (excludes halogenated alkanes) is 1. The van der Waals surface area contributed by atoms with Gasteiger partial charge in [-0.25, -0.2) is 4.68 Å². The number of methoxy groups -OCH3 is 1. The van der Waals surface area contributed by atoms with Crippen LogP contribution in [0.2, 0.25) is 0 Å². The van der Waals surface area contributed by atoms with Crippen molar-refractivity contribution in [1.29, 1.82) is 0 Å². The monoisotopic (exact) mass is 630 g/mol. The first-order valence-corrected chi connectivity index (χ1v) is 14.6. The Morgan fingerprint density at radius 2 is 1.93 bits per heavy atom. The van der Waals surface area contributed by atoms with E-state index in [1.807, 2.05) is 18.7 Å². The van der Waals surface area contributed by atoms with Gasteiger partial charge in [0.05, 0.1) is 36.1 Å². The van der Waals surface area contributed by atoms with E-state index in [2.05, 4.69) is 15.6 Å². The molecule has 0 saturated carbocycles. The Morgan fingerprint density at radius 3 is 2.60 bits per heavy atom. The van der Waals surface area contributed by atoms with Gasteiger partial charge in [-0.1, -0.05) is 25.1 Å². The largest absolute Gasteiger partial charge is 0.416 e. The van der Waals surface area contributed by atoms with Gasteiger partial charge in [-0.3, -0.25) is 9.59 Å². The van der Waals surface area contributed by atoms with E-state index in [4.69, 9.17) is 9.47 Å². The number of piperidine rings is 1. The van der Waals surface area contributed by atoms with E-state index in [9.17, 15) is 22.8 Å². The highest BCUT2D eigenvalue weighted by atomic mass is 35.5. The number of morpholine rings is 1. The molecule has 1 N–H and O–H groups in total. The smallest absolute Gasteiger partial charge is 0.385 e. The zero-order chi connectivity index (χ0) is 30.3. The second-order valence-corrected chi connectivity index (χ2v) is 11.3. The van der Waals surface area contributed by atoms with E-state index in [0.717, 1.165) is 12.1 Å². The zero-order valence-electron chi connectivity index (χ0n) is 24.9. The van der Waals surface area contributed by atoms with Crippen LogP contribution in [0.15, 0.2) is 24.3 Å². The maximum atomic E-state index is 14.2. The van der Waals surface area contributed by atoms with Crippen LogP contribution in [0, 0.1) is 11.8 Å². The molecule has 2 aliphatic rings. The lowest BCUT2D eigenvalue weighted by Crippen LogP contribution is -2.56. The number of halogens is 4. The Hall–Kier alpha value is -2.74. The van der Waals surface area contributed by atoms with Crippen molar-refractivity contribution in [3.05, 3.63) is 41.2 Å². The second-order valence-electron chi connectivity index (χ2n) is 11.3. The summed E-state index contributed by atoms with van der Waals surface area (Å²) in [5.41, 5.74) is -0.0514. The first kappa shape index (κ1) is 34.7.